The van der Waals surface area contributed by atoms with Crippen LogP contribution in [0, 0.1) is 0 Å². The molecule has 0 heterocycles. The molecule has 0 saturated heterocycles. The van der Waals surface area contributed by atoms with Crippen LogP contribution in [0.15, 0.2) is 0 Å². The average Bonchev–Trinajstić information content (AvgIpc) is 1.36. The number of halogens is 2. The third kappa shape index (κ3) is 3.84. The van der Waals surface area contributed by atoms with E-state index in [1.54, 1.807) is 0 Å². The zero-order chi connectivity index (χ0) is 5.15. The molecule has 0 spiro atoms. The van der Waals surface area contributed by atoms with Gasteiger partial charge in [-0.15, -0.1) is 0 Å². The fourth-order valence-corrected chi connectivity index (χ4v) is 0. The molecule has 0 aromatic heterocycles. The van der Waals surface area contributed by atoms with E-state index in [1.165, 1.54) is 0 Å². The Hall–Kier alpha value is 1.67. The summed E-state index contributed by atoms with van der Waals surface area (Å²) in [5.41, 5.74) is -0.208. The fraction of sp³-hybridized carbons (Fsp3) is 1.00. The summed E-state index contributed by atoms with van der Waals surface area (Å²) in [6, 6.07) is 0. The van der Waals surface area contributed by atoms with Gasteiger partial charge in [0.05, 0.1) is 0 Å². The maximum absolute atomic E-state index is 5.64. The molecule has 4 heteroatoms. The van der Waals surface area contributed by atoms with Crippen molar-refractivity contribution < 1.29 is 17.7 Å². The first-order valence-corrected chi connectivity index (χ1v) is 18.4. The molecule has 0 aliphatic rings. The summed E-state index contributed by atoms with van der Waals surface area (Å²) in [5.74, 6) is 0. The third-order valence-electron chi connectivity index (χ3n) is 0.378. The zero-order valence-electron chi connectivity index (χ0n) is 3.76. The molecule has 0 radical (unpaired) electrons. The van der Waals surface area contributed by atoms with E-state index < -0.39 is 17.7 Å². The van der Waals surface area contributed by atoms with Crippen LogP contribution in [0.4, 0.5) is 0 Å². The van der Waals surface area contributed by atoms with E-state index in [0.29, 0.717) is 0 Å². The summed E-state index contributed by atoms with van der Waals surface area (Å²) in [5, 5.41) is 0. The molecule has 0 atom stereocenters. The van der Waals surface area contributed by atoms with Gasteiger partial charge in [-0.1, -0.05) is 0 Å². The van der Waals surface area contributed by atoms with Gasteiger partial charge in [0.25, 0.3) is 0 Å². The number of rotatable bonds is 0. The summed E-state index contributed by atoms with van der Waals surface area (Å²) >= 11 is -1.78. The van der Waals surface area contributed by atoms with Gasteiger partial charge in [0.1, 0.15) is 0 Å². The Labute approximate surface area is 53.1 Å². The quantitative estimate of drug-likeness (QED) is 0.602. The van der Waals surface area contributed by atoms with Crippen molar-refractivity contribution in [1.29, 1.82) is 0 Å². The van der Waals surface area contributed by atoms with Gasteiger partial charge in [-0.05, 0) is 0 Å². The molecule has 0 N–H and O–H groups in total. The van der Waals surface area contributed by atoms with Crippen molar-refractivity contribution in [3.05, 3.63) is 0 Å². The molecule has 0 nitrogen and oxygen atoms in total. The van der Waals surface area contributed by atoms with Crippen LogP contribution in [-0.2, 0) is 17.7 Å². The van der Waals surface area contributed by atoms with Crippen LogP contribution in [0.25, 0.3) is 0 Å². The van der Waals surface area contributed by atoms with Crippen LogP contribution in [0.2, 0.25) is 13.1 Å². The number of hydrogen-bond donors (Lipinski definition) is 0. The summed E-state index contributed by atoms with van der Waals surface area (Å²) in [6.07, 6.45) is 0. The van der Waals surface area contributed by atoms with Gasteiger partial charge in [0, 0.05) is 0 Å². The Bertz CT molecular complexity index is 61.6. The van der Waals surface area contributed by atoms with Crippen LogP contribution in [-0.4, -0.2) is 5.49 Å². The first kappa shape index (κ1) is 7.67. The molecule has 0 fully saturated rings. The van der Waals surface area contributed by atoms with Gasteiger partial charge in [0.15, 0.2) is 0 Å². The maximum atomic E-state index is 5.64. The summed E-state index contributed by atoms with van der Waals surface area (Å²) in [7, 11) is 11.3. The van der Waals surface area contributed by atoms with Crippen molar-refractivity contribution in [2.24, 2.45) is 0 Å². The van der Waals surface area contributed by atoms with Crippen molar-refractivity contribution in [1.82, 2.24) is 0 Å². The van der Waals surface area contributed by atoms with Gasteiger partial charge in [-0.3, -0.25) is 0 Å². The van der Waals surface area contributed by atoms with E-state index in [4.69, 9.17) is 17.2 Å². The van der Waals surface area contributed by atoms with E-state index in [9.17, 15) is 0 Å². The van der Waals surface area contributed by atoms with Gasteiger partial charge < -0.3 is 0 Å². The molecule has 0 saturated carbocycles. The molecule has 0 amide bonds. The Morgan fingerprint density at radius 2 is 1.50 bits per heavy atom. The van der Waals surface area contributed by atoms with Crippen LogP contribution in [0.5, 0.6) is 0 Å². The monoisotopic (exact) mass is 308 g/mol. The molecular weight excluding hydrogens is 302 g/mol. The summed E-state index contributed by atoms with van der Waals surface area (Å²) < 4.78 is 0. The minimum absolute atomic E-state index is 0.208. The second-order valence-corrected chi connectivity index (χ2v) is 33.0. The molecule has 0 aliphatic heterocycles. The van der Waals surface area contributed by atoms with Crippen molar-refractivity contribution in [2.45, 2.75) is 13.1 Å². The molecule has 0 aromatic carbocycles. The average molecular weight is 308 g/mol. The van der Waals surface area contributed by atoms with E-state index in [1.807, 2.05) is 0 Å². The summed E-state index contributed by atoms with van der Waals surface area (Å²) in [4.78, 5) is 0. The van der Waals surface area contributed by atoms with Gasteiger partial charge >= 0.3 is 53.4 Å². The molecule has 36 valence electrons. The van der Waals surface area contributed by atoms with E-state index in [2.05, 4.69) is 13.1 Å². The predicted molar refractivity (Wildman–Crippen MR) is 29.2 cm³/mol. The van der Waals surface area contributed by atoms with E-state index in [-0.39, 0.29) is 5.49 Å². The molecule has 6 heavy (non-hydrogen) atoms. The Morgan fingerprint density at radius 1 is 1.33 bits per heavy atom. The predicted octanol–water partition coefficient (Wildman–Crippen LogP) is 2.16. The van der Waals surface area contributed by atoms with Crippen LogP contribution >= 0.6 is 17.2 Å². The molecule has 0 bridgehead atoms. The Balaban J connectivity index is 3.68. The summed E-state index contributed by atoms with van der Waals surface area (Å²) in [6.45, 7) is 4.35. The van der Waals surface area contributed by atoms with Crippen molar-refractivity contribution >= 4 is 22.6 Å². The Kier molecular flexibility index (Phi) is 4.65. The molecule has 0 unspecified atom stereocenters. The molecular formula is C2H6Cl2HfSi. The van der Waals surface area contributed by atoms with E-state index in [0.717, 1.165) is 0 Å². The second-order valence-electron chi connectivity index (χ2n) is 1.26. The second kappa shape index (κ2) is 3.64. The van der Waals surface area contributed by atoms with Gasteiger partial charge in [-0.2, -0.15) is 0 Å². The van der Waals surface area contributed by atoms with Crippen molar-refractivity contribution in [3.8, 4) is 0 Å². The molecule has 0 aliphatic carbocycles. The normalized spacial score (nSPS) is 8.00. The molecule has 0 rings (SSSR count). The first-order valence-electron chi connectivity index (χ1n) is 1.63. The minimum atomic E-state index is -1.78. The van der Waals surface area contributed by atoms with Crippen LogP contribution in [0.1, 0.15) is 0 Å². The Morgan fingerprint density at radius 3 is 1.50 bits per heavy atom. The standard InChI is InChI=1S/C2H6Si.2ClH.Hf/c1-3-2;;;/h1-2H3;2*1H;/q;;;+2/p-2. The van der Waals surface area contributed by atoms with Crippen LogP contribution in [0.3, 0.4) is 0 Å². The molecule has 0 aromatic rings. The van der Waals surface area contributed by atoms with E-state index >= 15 is 0 Å². The van der Waals surface area contributed by atoms with Gasteiger partial charge in [0.2, 0.25) is 0 Å². The SMILES string of the molecule is C[Si](C)=[Hf]([Cl])[Cl]. The van der Waals surface area contributed by atoms with Gasteiger partial charge in [-0.25, -0.2) is 0 Å². The topological polar surface area (TPSA) is 0 Å². The zero-order valence-corrected chi connectivity index (χ0v) is 9.86. The number of hydrogen-bond acceptors (Lipinski definition) is 0. The van der Waals surface area contributed by atoms with Crippen LogP contribution < -0.4 is 0 Å². The first-order chi connectivity index (χ1) is 2.64. The van der Waals surface area contributed by atoms with Crippen molar-refractivity contribution in [2.75, 3.05) is 0 Å². The third-order valence-corrected chi connectivity index (χ3v) is 27.8. The fourth-order valence-electron chi connectivity index (χ4n) is 0. The van der Waals surface area contributed by atoms with Crippen molar-refractivity contribution in [3.63, 3.8) is 0 Å².